The van der Waals surface area contributed by atoms with Gasteiger partial charge in [0.05, 0.1) is 11.1 Å². The Labute approximate surface area is 327 Å². The third kappa shape index (κ3) is 10.9. The topological polar surface area (TPSA) is 102 Å². The van der Waals surface area contributed by atoms with Crippen LogP contribution < -0.4 is 21.8 Å². The van der Waals surface area contributed by atoms with Gasteiger partial charge in [-0.25, -0.2) is 0 Å². The summed E-state index contributed by atoms with van der Waals surface area (Å²) in [5.41, 5.74) is -0.794. The maximum absolute atomic E-state index is 13.0. The smallest absolute Gasteiger partial charge is 0.352 e. The molecule has 0 bridgehead atoms. The van der Waals surface area contributed by atoms with Crippen LogP contribution >= 0.6 is 11.6 Å². The fraction of sp³-hybridized carbons (Fsp3) is 0.143. The first kappa shape index (κ1) is 41.7. The number of amides is 2. The number of halogens is 7. The molecule has 57 heavy (non-hydrogen) atoms. The molecule has 6 aromatic rings. The van der Waals surface area contributed by atoms with E-state index >= 15 is 0 Å². The molecule has 0 fully saturated rings. The molecule has 2 heterocycles. The number of benzene rings is 4. The molecule has 15 heteroatoms. The summed E-state index contributed by atoms with van der Waals surface area (Å²) in [4.78, 5) is 50.6. The Kier molecular flexibility index (Phi) is 12.9. The van der Waals surface area contributed by atoms with Crippen LogP contribution in [-0.2, 0) is 18.8 Å². The van der Waals surface area contributed by atoms with Gasteiger partial charge in [-0.2, -0.15) is 26.3 Å². The van der Waals surface area contributed by atoms with Gasteiger partial charge >= 0.3 is 12.4 Å². The quantitative estimate of drug-likeness (QED) is 0.150. The van der Waals surface area contributed by atoms with Crippen molar-refractivity contribution in [2.45, 2.75) is 32.6 Å². The number of pyridine rings is 2. The third-order valence-corrected chi connectivity index (χ3v) is 8.60. The van der Waals surface area contributed by atoms with E-state index in [1.165, 1.54) is 48.8 Å². The van der Waals surface area contributed by atoms with Crippen molar-refractivity contribution in [3.8, 4) is 11.4 Å². The minimum absolute atomic E-state index is 0.0177. The monoisotopic (exact) mass is 806 g/mol. The molecule has 0 radical (unpaired) electrons. The first-order valence-corrected chi connectivity index (χ1v) is 17.5. The van der Waals surface area contributed by atoms with Crippen molar-refractivity contribution in [1.82, 2.24) is 14.5 Å². The molecule has 0 saturated carbocycles. The minimum Gasteiger partial charge on any atom is -0.352 e. The number of nitrogens with zero attached hydrogens (tertiary/aromatic N) is 2. The van der Waals surface area contributed by atoms with Crippen LogP contribution in [0.25, 0.3) is 11.4 Å². The molecule has 0 unspecified atom stereocenters. The van der Waals surface area contributed by atoms with Crippen LogP contribution in [0, 0.1) is 13.8 Å². The van der Waals surface area contributed by atoms with Crippen molar-refractivity contribution in [2.75, 3.05) is 11.9 Å². The number of anilines is 1. The SMILES string of the molecule is Cc1cc(C(=O)NCCc2ccccc2)c(=O)n(-c2cccc(C(F)(F)F)c2)c1.Cc1cc(C(=O)Nc2ccc(Cl)cc2)c(=O)n(-c2cccc(C(F)(F)F)c2)c1. The Morgan fingerprint density at radius 3 is 1.56 bits per heavy atom. The van der Waals surface area contributed by atoms with Crippen LogP contribution in [0.5, 0.6) is 0 Å². The number of hydrogen-bond acceptors (Lipinski definition) is 4. The number of carbonyl (C=O) groups excluding carboxylic acids is 2. The molecule has 6 rings (SSSR count). The maximum atomic E-state index is 13.0. The average molecular weight is 807 g/mol. The van der Waals surface area contributed by atoms with Crippen LogP contribution in [0.2, 0.25) is 5.02 Å². The van der Waals surface area contributed by atoms with Crippen LogP contribution in [0.3, 0.4) is 0 Å². The molecule has 0 aliphatic rings. The summed E-state index contributed by atoms with van der Waals surface area (Å²) in [7, 11) is 0. The molecule has 2 N–H and O–H groups in total. The Morgan fingerprint density at radius 2 is 1.09 bits per heavy atom. The zero-order chi connectivity index (χ0) is 41.5. The van der Waals surface area contributed by atoms with Gasteiger partial charge in [0.1, 0.15) is 11.1 Å². The normalized spacial score (nSPS) is 11.3. The van der Waals surface area contributed by atoms with E-state index in [-0.39, 0.29) is 22.5 Å². The zero-order valence-electron chi connectivity index (χ0n) is 30.2. The van der Waals surface area contributed by atoms with Crippen molar-refractivity contribution in [3.05, 3.63) is 192 Å². The van der Waals surface area contributed by atoms with Crippen LogP contribution in [-0.4, -0.2) is 27.5 Å². The fourth-order valence-corrected chi connectivity index (χ4v) is 5.73. The summed E-state index contributed by atoms with van der Waals surface area (Å²) in [6.07, 6.45) is -5.67. The molecule has 4 aromatic carbocycles. The first-order chi connectivity index (χ1) is 26.9. The lowest BCUT2D eigenvalue weighted by Gasteiger charge is -2.13. The van der Waals surface area contributed by atoms with Gasteiger partial charge in [0.2, 0.25) is 0 Å². The molecule has 294 valence electrons. The number of rotatable bonds is 8. The molecule has 0 saturated heterocycles. The Hall–Kier alpha value is -6.41. The summed E-state index contributed by atoms with van der Waals surface area (Å²) in [6.45, 7) is 3.65. The van der Waals surface area contributed by atoms with Crippen LogP contribution in [0.1, 0.15) is 48.5 Å². The second-order valence-corrected chi connectivity index (χ2v) is 13.2. The third-order valence-electron chi connectivity index (χ3n) is 8.34. The lowest BCUT2D eigenvalue weighted by Crippen LogP contribution is -2.33. The number of carbonyl (C=O) groups is 2. The summed E-state index contributed by atoms with van der Waals surface area (Å²) >= 11 is 5.80. The molecule has 0 aliphatic heterocycles. The maximum Gasteiger partial charge on any atom is 0.416 e. The number of nitrogens with one attached hydrogen (secondary N) is 2. The van der Waals surface area contributed by atoms with Crippen LogP contribution in [0.4, 0.5) is 32.0 Å². The van der Waals surface area contributed by atoms with Gasteiger partial charge in [0, 0.05) is 41.0 Å². The number of alkyl halides is 6. The summed E-state index contributed by atoms with van der Waals surface area (Å²) in [6, 6.07) is 27.5. The minimum atomic E-state index is -4.54. The average Bonchev–Trinajstić information content (AvgIpc) is 3.17. The number of aromatic nitrogens is 2. The standard InChI is InChI=1S/C22H19F3N2O2.C20H14ClF3N2O2/c1-15-12-19(20(28)26-11-10-16-6-3-2-4-7-16)21(29)27(14-15)18-9-5-8-17(13-18)22(23,24)25;1-12-9-17(18(27)25-15-7-5-14(21)6-8-15)19(28)26(11-12)16-4-2-3-13(10-16)20(22,23)24/h2-9,12-14H,10-11H2,1H3,(H,26,28);2-11H,1H3,(H,25,27). The molecule has 0 aliphatic carbocycles. The lowest BCUT2D eigenvalue weighted by molar-refractivity contribution is -0.138. The predicted octanol–water partition coefficient (Wildman–Crippen LogP) is 9.21. The Balaban J connectivity index is 0.000000218. The van der Waals surface area contributed by atoms with Crippen molar-refractivity contribution in [2.24, 2.45) is 0 Å². The van der Waals surface area contributed by atoms with E-state index in [2.05, 4.69) is 10.6 Å². The highest BCUT2D eigenvalue weighted by Crippen LogP contribution is 2.31. The number of aryl methyl sites for hydroxylation is 2. The van der Waals surface area contributed by atoms with Gasteiger partial charge in [-0.1, -0.05) is 54.1 Å². The Bertz CT molecular complexity index is 2520. The van der Waals surface area contributed by atoms with Gasteiger partial charge in [0.25, 0.3) is 22.9 Å². The number of hydrogen-bond donors (Lipinski definition) is 2. The predicted molar refractivity (Wildman–Crippen MR) is 205 cm³/mol. The molecule has 2 aromatic heterocycles. The summed E-state index contributed by atoms with van der Waals surface area (Å²) < 4.78 is 80.0. The first-order valence-electron chi connectivity index (χ1n) is 17.1. The van der Waals surface area contributed by atoms with E-state index < -0.39 is 46.4 Å². The van der Waals surface area contributed by atoms with E-state index in [1.54, 1.807) is 38.1 Å². The van der Waals surface area contributed by atoms with Gasteiger partial charge in [0.15, 0.2) is 0 Å². The van der Waals surface area contributed by atoms with Gasteiger partial charge in [-0.05, 0) is 110 Å². The molecular weight excluding hydrogens is 774 g/mol. The second kappa shape index (κ2) is 17.6. The zero-order valence-corrected chi connectivity index (χ0v) is 31.0. The van der Waals surface area contributed by atoms with Crippen LogP contribution in [0.15, 0.2) is 137 Å². The van der Waals surface area contributed by atoms with Crippen molar-refractivity contribution < 1.29 is 35.9 Å². The largest absolute Gasteiger partial charge is 0.416 e. The van der Waals surface area contributed by atoms with Crippen molar-refractivity contribution in [3.63, 3.8) is 0 Å². The van der Waals surface area contributed by atoms with Gasteiger partial charge in [-0.15, -0.1) is 0 Å². The van der Waals surface area contributed by atoms with E-state index in [4.69, 9.17) is 11.6 Å². The molecule has 0 spiro atoms. The van der Waals surface area contributed by atoms with Crippen molar-refractivity contribution >= 4 is 29.1 Å². The molecule has 0 atom stereocenters. The van der Waals surface area contributed by atoms with Gasteiger partial charge < -0.3 is 10.6 Å². The van der Waals surface area contributed by atoms with E-state index in [1.807, 2.05) is 30.3 Å². The van der Waals surface area contributed by atoms with E-state index in [0.717, 1.165) is 39.0 Å². The molecule has 8 nitrogen and oxygen atoms in total. The highest BCUT2D eigenvalue weighted by atomic mass is 35.5. The highest BCUT2D eigenvalue weighted by Gasteiger charge is 2.31. The molecular formula is C42H33ClF6N4O4. The lowest BCUT2D eigenvalue weighted by atomic mass is 10.1. The van der Waals surface area contributed by atoms with E-state index in [9.17, 15) is 45.5 Å². The van der Waals surface area contributed by atoms with Crippen molar-refractivity contribution in [1.29, 1.82) is 0 Å². The Morgan fingerprint density at radius 1 is 0.614 bits per heavy atom. The molecule has 2 amide bonds. The summed E-state index contributed by atoms with van der Waals surface area (Å²) in [5, 5.41) is 5.76. The second-order valence-electron chi connectivity index (χ2n) is 12.8. The van der Waals surface area contributed by atoms with E-state index in [0.29, 0.717) is 34.8 Å². The summed E-state index contributed by atoms with van der Waals surface area (Å²) in [5.74, 6) is -1.23. The fourth-order valence-electron chi connectivity index (χ4n) is 5.60. The highest BCUT2D eigenvalue weighted by molar-refractivity contribution is 6.30. The van der Waals surface area contributed by atoms with Gasteiger partial charge in [-0.3, -0.25) is 28.3 Å².